The molecule has 1 saturated carbocycles. The Morgan fingerprint density at radius 3 is 3.00 bits per heavy atom. The lowest BCUT2D eigenvalue weighted by Gasteiger charge is -2.04. The Morgan fingerprint density at radius 1 is 1.50 bits per heavy atom. The van der Waals surface area contributed by atoms with E-state index < -0.39 is 0 Å². The fraction of sp³-hybridized carbons (Fsp3) is 0.462. The zero-order valence-electron chi connectivity index (χ0n) is 9.60. The van der Waals surface area contributed by atoms with Gasteiger partial charge < -0.3 is 9.47 Å². The number of hydrogen-bond donors (Lipinski definition) is 0. The van der Waals surface area contributed by atoms with Crippen LogP contribution in [-0.2, 0) is 9.53 Å². The largest absolute Gasteiger partial charge is 0.497 e. The first kappa shape index (κ1) is 11.0. The summed E-state index contributed by atoms with van der Waals surface area (Å²) in [6, 6.07) is 7.89. The van der Waals surface area contributed by atoms with E-state index in [-0.39, 0.29) is 11.9 Å². The van der Waals surface area contributed by atoms with Gasteiger partial charge in [-0.05, 0) is 37.0 Å². The average Bonchev–Trinajstić information content (AvgIpc) is 3.09. The fourth-order valence-electron chi connectivity index (χ4n) is 1.95. The first-order valence-electron chi connectivity index (χ1n) is 5.56. The first-order chi connectivity index (χ1) is 7.76. The van der Waals surface area contributed by atoms with Gasteiger partial charge in [0.15, 0.2) is 0 Å². The molecule has 1 aromatic carbocycles. The minimum absolute atomic E-state index is 0.0482. The molecule has 1 fully saturated rings. The van der Waals surface area contributed by atoms with E-state index in [1.54, 1.807) is 7.11 Å². The minimum atomic E-state index is -0.0738. The summed E-state index contributed by atoms with van der Waals surface area (Å²) < 4.78 is 10.2. The SMILES string of the molecule is CCOC(=O)[C@@H]1C[C@H]1c1cccc(OC)c1. The molecule has 0 saturated heterocycles. The second-order valence-electron chi connectivity index (χ2n) is 3.98. The van der Waals surface area contributed by atoms with Crippen LogP contribution in [-0.4, -0.2) is 19.7 Å². The van der Waals surface area contributed by atoms with Gasteiger partial charge in [0, 0.05) is 0 Å². The Bertz CT molecular complexity index is 387. The van der Waals surface area contributed by atoms with Gasteiger partial charge in [0.05, 0.1) is 19.6 Å². The van der Waals surface area contributed by atoms with E-state index >= 15 is 0 Å². The third kappa shape index (κ3) is 2.18. The van der Waals surface area contributed by atoms with Crippen LogP contribution in [0.1, 0.15) is 24.8 Å². The number of esters is 1. The van der Waals surface area contributed by atoms with Gasteiger partial charge in [-0.15, -0.1) is 0 Å². The van der Waals surface area contributed by atoms with Gasteiger partial charge in [0.1, 0.15) is 5.75 Å². The number of carbonyl (C=O) groups is 1. The van der Waals surface area contributed by atoms with E-state index in [4.69, 9.17) is 9.47 Å². The van der Waals surface area contributed by atoms with E-state index in [1.807, 2.05) is 31.2 Å². The molecule has 0 amide bonds. The van der Waals surface area contributed by atoms with Crippen molar-refractivity contribution in [3.05, 3.63) is 29.8 Å². The smallest absolute Gasteiger partial charge is 0.309 e. The highest BCUT2D eigenvalue weighted by molar-refractivity contribution is 5.77. The van der Waals surface area contributed by atoms with Crippen LogP contribution in [0.15, 0.2) is 24.3 Å². The van der Waals surface area contributed by atoms with Gasteiger partial charge in [-0.3, -0.25) is 4.79 Å². The lowest BCUT2D eigenvalue weighted by atomic mass is 10.1. The van der Waals surface area contributed by atoms with Crippen LogP contribution in [0, 0.1) is 5.92 Å². The second-order valence-corrected chi connectivity index (χ2v) is 3.98. The molecule has 0 bridgehead atoms. The monoisotopic (exact) mass is 220 g/mol. The Morgan fingerprint density at radius 2 is 2.31 bits per heavy atom. The van der Waals surface area contributed by atoms with Crippen LogP contribution < -0.4 is 4.74 Å². The van der Waals surface area contributed by atoms with Crippen molar-refractivity contribution >= 4 is 5.97 Å². The molecule has 2 atom stereocenters. The maximum Gasteiger partial charge on any atom is 0.309 e. The van der Waals surface area contributed by atoms with Crippen molar-refractivity contribution in [3.63, 3.8) is 0 Å². The number of rotatable bonds is 4. The van der Waals surface area contributed by atoms with Crippen LogP contribution in [0.4, 0.5) is 0 Å². The molecule has 86 valence electrons. The van der Waals surface area contributed by atoms with Crippen LogP contribution in [0.2, 0.25) is 0 Å². The lowest BCUT2D eigenvalue weighted by molar-refractivity contribution is -0.144. The fourth-order valence-corrected chi connectivity index (χ4v) is 1.95. The molecule has 0 aromatic heterocycles. The molecule has 0 spiro atoms. The predicted octanol–water partition coefficient (Wildman–Crippen LogP) is 2.36. The molecule has 0 N–H and O–H groups in total. The molecule has 2 rings (SSSR count). The number of carbonyl (C=O) groups excluding carboxylic acids is 1. The molecular weight excluding hydrogens is 204 g/mol. The average molecular weight is 220 g/mol. The van der Waals surface area contributed by atoms with Gasteiger partial charge in [-0.2, -0.15) is 0 Å². The number of methoxy groups -OCH3 is 1. The number of ether oxygens (including phenoxy) is 2. The maximum absolute atomic E-state index is 11.5. The summed E-state index contributed by atoms with van der Waals surface area (Å²) in [7, 11) is 1.65. The third-order valence-electron chi connectivity index (χ3n) is 2.90. The summed E-state index contributed by atoms with van der Waals surface area (Å²) in [5, 5.41) is 0. The summed E-state index contributed by atoms with van der Waals surface area (Å²) in [4.78, 5) is 11.5. The first-order valence-corrected chi connectivity index (χ1v) is 5.56. The molecule has 1 aliphatic rings. The van der Waals surface area contributed by atoms with Crippen molar-refractivity contribution < 1.29 is 14.3 Å². The zero-order valence-corrected chi connectivity index (χ0v) is 9.60. The van der Waals surface area contributed by atoms with E-state index in [2.05, 4.69) is 0 Å². The van der Waals surface area contributed by atoms with Crippen molar-refractivity contribution in [2.24, 2.45) is 5.92 Å². The normalized spacial score (nSPS) is 22.6. The highest BCUT2D eigenvalue weighted by Crippen LogP contribution is 2.48. The maximum atomic E-state index is 11.5. The summed E-state index contributed by atoms with van der Waals surface area (Å²) in [5.74, 6) is 1.13. The summed E-state index contributed by atoms with van der Waals surface area (Å²) in [6.07, 6.45) is 0.895. The molecule has 3 nitrogen and oxygen atoms in total. The second kappa shape index (κ2) is 4.56. The Labute approximate surface area is 95.4 Å². The topological polar surface area (TPSA) is 35.5 Å². The molecular formula is C13H16O3. The van der Waals surface area contributed by atoms with Crippen molar-refractivity contribution in [1.82, 2.24) is 0 Å². The number of benzene rings is 1. The lowest BCUT2D eigenvalue weighted by Crippen LogP contribution is -2.07. The third-order valence-corrected chi connectivity index (χ3v) is 2.90. The van der Waals surface area contributed by atoms with Crippen molar-refractivity contribution in [2.75, 3.05) is 13.7 Å². The highest BCUT2D eigenvalue weighted by atomic mass is 16.5. The van der Waals surface area contributed by atoms with Crippen molar-refractivity contribution in [2.45, 2.75) is 19.3 Å². The summed E-state index contributed by atoms with van der Waals surface area (Å²) in [5.41, 5.74) is 1.16. The molecule has 3 heteroatoms. The Kier molecular flexibility index (Phi) is 3.13. The van der Waals surface area contributed by atoms with E-state index in [9.17, 15) is 4.79 Å². The van der Waals surface area contributed by atoms with Crippen LogP contribution in [0.25, 0.3) is 0 Å². The van der Waals surface area contributed by atoms with Crippen LogP contribution in [0.3, 0.4) is 0 Å². The molecule has 0 aliphatic heterocycles. The standard InChI is InChI=1S/C13H16O3/c1-3-16-13(14)12-8-11(12)9-5-4-6-10(7-9)15-2/h4-7,11-12H,3,8H2,1-2H3/t11-,12+/m0/s1. The molecule has 16 heavy (non-hydrogen) atoms. The van der Waals surface area contributed by atoms with Gasteiger partial charge in [0.2, 0.25) is 0 Å². The molecule has 0 heterocycles. The molecule has 1 aromatic rings. The predicted molar refractivity (Wildman–Crippen MR) is 60.5 cm³/mol. The van der Waals surface area contributed by atoms with Crippen molar-refractivity contribution in [1.29, 1.82) is 0 Å². The molecule has 1 aliphatic carbocycles. The van der Waals surface area contributed by atoms with E-state index in [1.165, 1.54) is 0 Å². The Hall–Kier alpha value is -1.51. The van der Waals surface area contributed by atoms with E-state index in [0.29, 0.717) is 12.5 Å². The van der Waals surface area contributed by atoms with Crippen LogP contribution in [0.5, 0.6) is 5.75 Å². The van der Waals surface area contributed by atoms with Gasteiger partial charge in [0.25, 0.3) is 0 Å². The van der Waals surface area contributed by atoms with Gasteiger partial charge >= 0.3 is 5.97 Å². The highest BCUT2D eigenvalue weighted by Gasteiger charge is 2.45. The molecule has 0 unspecified atom stereocenters. The van der Waals surface area contributed by atoms with E-state index in [0.717, 1.165) is 17.7 Å². The zero-order chi connectivity index (χ0) is 11.5. The van der Waals surface area contributed by atoms with Gasteiger partial charge in [-0.1, -0.05) is 12.1 Å². The number of hydrogen-bond acceptors (Lipinski definition) is 3. The Balaban J connectivity index is 2.02. The van der Waals surface area contributed by atoms with Gasteiger partial charge in [-0.25, -0.2) is 0 Å². The summed E-state index contributed by atoms with van der Waals surface area (Å²) in [6.45, 7) is 2.29. The van der Waals surface area contributed by atoms with Crippen LogP contribution >= 0.6 is 0 Å². The minimum Gasteiger partial charge on any atom is -0.497 e. The quantitative estimate of drug-likeness (QED) is 0.731. The summed E-state index contributed by atoms with van der Waals surface area (Å²) >= 11 is 0. The van der Waals surface area contributed by atoms with Crippen molar-refractivity contribution in [3.8, 4) is 5.75 Å². The molecule has 0 radical (unpaired) electrons.